The molecular formula is C16H31O6PS2. The molecule has 0 aromatic rings. The highest BCUT2D eigenvalue weighted by molar-refractivity contribution is 7.86. The van der Waals surface area contributed by atoms with E-state index < -0.39 is 30.7 Å². The standard InChI is InChI=1S/C16H31O6PS2/c1-3-9-23-16(4-2,12-5-7-14(10-12)24(17,18)19)13-6-8-15(11-13)25(20,21)22/h12-15,23H,3-11H2,1-2H3,(H,17,18,19)(H,20,21,22)/t12?,13?,14-,15?,16?/m0/s1. The molecule has 0 aliphatic heterocycles. The molecule has 0 saturated heterocycles. The van der Waals surface area contributed by atoms with Gasteiger partial charge in [-0.05, 0) is 68.1 Å². The molecule has 0 spiro atoms. The van der Waals surface area contributed by atoms with E-state index in [1.54, 1.807) is 0 Å². The molecule has 5 unspecified atom stereocenters. The van der Waals surface area contributed by atoms with Crippen LogP contribution in [0.25, 0.3) is 0 Å². The Hall–Kier alpha value is 0.250. The zero-order valence-corrected chi connectivity index (χ0v) is 17.7. The third-order valence-corrected chi connectivity index (χ3v) is 11.5. The van der Waals surface area contributed by atoms with Crippen molar-refractivity contribution in [1.29, 1.82) is 0 Å². The Balaban J connectivity index is 2.26. The van der Waals surface area contributed by atoms with Crippen LogP contribution in [0.1, 0.15) is 65.2 Å². The van der Waals surface area contributed by atoms with E-state index in [0.29, 0.717) is 34.3 Å². The molecule has 2 aliphatic carbocycles. The van der Waals surface area contributed by atoms with Crippen molar-refractivity contribution in [1.82, 2.24) is 0 Å². The molecule has 6 nitrogen and oxygen atoms in total. The molecule has 2 N–H and O–H groups in total. The molecule has 2 fully saturated rings. The van der Waals surface area contributed by atoms with E-state index in [0.717, 1.165) is 31.8 Å². The van der Waals surface area contributed by atoms with Crippen molar-refractivity contribution in [2.45, 2.75) is 80.9 Å². The predicted molar refractivity (Wildman–Crippen MR) is 102 cm³/mol. The first-order valence-corrected chi connectivity index (χ1v) is 13.4. The van der Waals surface area contributed by atoms with Gasteiger partial charge in [-0.15, -0.1) is 8.58 Å². The topological polar surface area (TPSA) is 109 Å². The van der Waals surface area contributed by atoms with Gasteiger partial charge in [-0.3, -0.25) is 9.11 Å². The fraction of sp³-hybridized carbons (Fsp3) is 1.00. The second-order valence-corrected chi connectivity index (χ2v) is 12.8. The summed E-state index contributed by atoms with van der Waals surface area (Å²) in [6, 6.07) is 0. The lowest BCUT2D eigenvalue weighted by molar-refractivity contribution is 0.260. The summed E-state index contributed by atoms with van der Waals surface area (Å²) in [5.41, 5.74) is 0. The van der Waals surface area contributed by atoms with Gasteiger partial charge in [0.1, 0.15) is 0 Å². The lowest BCUT2D eigenvalue weighted by atomic mass is 9.76. The van der Waals surface area contributed by atoms with Gasteiger partial charge in [0.15, 0.2) is 0 Å². The van der Waals surface area contributed by atoms with Crippen molar-refractivity contribution in [2.24, 2.45) is 11.8 Å². The molecule has 25 heavy (non-hydrogen) atoms. The van der Waals surface area contributed by atoms with Gasteiger partial charge in [0.05, 0.1) is 10.5 Å². The Labute approximate surface area is 153 Å². The van der Waals surface area contributed by atoms with Gasteiger partial charge in [0, 0.05) is 0 Å². The summed E-state index contributed by atoms with van der Waals surface area (Å²) in [5.74, 6) is 0.388. The highest BCUT2D eigenvalue weighted by atomic mass is 32.2. The quantitative estimate of drug-likeness (QED) is 0.466. The van der Waals surface area contributed by atoms with Crippen LogP contribution in [0.4, 0.5) is 0 Å². The van der Waals surface area contributed by atoms with Crippen molar-refractivity contribution in [3.05, 3.63) is 0 Å². The molecule has 148 valence electrons. The average molecular weight is 415 g/mol. The molecule has 2 aliphatic rings. The lowest BCUT2D eigenvalue weighted by Crippen LogP contribution is -2.40. The molecule has 0 radical (unpaired) electrons. The van der Waals surface area contributed by atoms with Crippen LogP contribution in [0.2, 0.25) is 0 Å². The highest BCUT2D eigenvalue weighted by Crippen LogP contribution is 2.57. The zero-order valence-electron chi connectivity index (χ0n) is 15.0. The van der Waals surface area contributed by atoms with Gasteiger partial charge >= 0.3 is 0 Å². The monoisotopic (exact) mass is 414 g/mol. The summed E-state index contributed by atoms with van der Waals surface area (Å²) in [7, 11) is -7.37. The fourth-order valence-corrected chi connectivity index (χ4v) is 8.93. The predicted octanol–water partition coefficient (Wildman–Crippen LogP) is 3.34. The van der Waals surface area contributed by atoms with Crippen LogP contribution in [-0.2, 0) is 20.2 Å². The van der Waals surface area contributed by atoms with Crippen LogP contribution in [0.15, 0.2) is 0 Å². The van der Waals surface area contributed by atoms with Crippen molar-refractivity contribution in [3.8, 4) is 0 Å². The van der Waals surface area contributed by atoms with Crippen LogP contribution in [0, 0.1) is 11.8 Å². The van der Waals surface area contributed by atoms with Gasteiger partial charge in [-0.1, -0.05) is 20.3 Å². The third kappa shape index (κ3) is 4.75. The summed E-state index contributed by atoms with van der Waals surface area (Å²) in [4.78, 5) is 0. The molecule has 0 bridgehead atoms. The molecule has 0 heterocycles. The third-order valence-electron chi connectivity index (χ3n) is 6.36. The van der Waals surface area contributed by atoms with Crippen molar-refractivity contribution in [3.63, 3.8) is 0 Å². The Bertz CT molecular complexity index is 610. The van der Waals surface area contributed by atoms with Crippen molar-refractivity contribution < 1.29 is 25.9 Å². The SMILES string of the molecule is CCCPC(CC)(C1CCC(S(=O)(=O)O)C1)C1CC[C@H](S(=O)(=O)O)C1. The van der Waals surface area contributed by atoms with Crippen molar-refractivity contribution in [2.75, 3.05) is 6.16 Å². The maximum absolute atomic E-state index is 11.6. The van der Waals surface area contributed by atoms with Crippen molar-refractivity contribution >= 4 is 28.8 Å². The molecule has 0 amide bonds. The maximum Gasteiger partial charge on any atom is 0.267 e. The van der Waals surface area contributed by atoms with E-state index in [2.05, 4.69) is 13.8 Å². The second-order valence-electron chi connectivity index (χ2n) is 7.61. The Morgan fingerprint density at radius 3 is 1.60 bits per heavy atom. The van der Waals surface area contributed by atoms with Crippen LogP contribution in [0.3, 0.4) is 0 Å². The van der Waals surface area contributed by atoms with E-state index in [1.165, 1.54) is 0 Å². The molecule has 0 aromatic heterocycles. The van der Waals surface area contributed by atoms with Crippen LogP contribution in [-0.4, -0.2) is 47.8 Å². The van der Waals surface area contributed by atoms with Gasteiger partial charge in [-0.25, -0.2) is 0 Å². The summed E-state index contributed by atoms with van der Waals surface area (Å²) < 4.78 is 65.1. The summed E-state index contributed by atoms with van der Waals surface area (Å²) in [5, 5.41) is -1.45. The van der Waals surface area contributed by atoms with Crippen LogP contribution >= 0.6 is 8.58 Å². The largest absolute Gasteiger partial charge is 0.285 e. The second kappa shape index (κ2) is 8.09. The maximum atomic E-state index is 11.6. The minimum Gasteiger partial charge on any atom is -0.285 e. The molecule has 2 rings (SSSR count). The van der Waals surface area contributed by atoms with E-state index in [1.807, 2.05) is 0 Å². The normalized spacial score (nSPS) is 33.9. The molecular weight excluding hydrogens is 383 g/mol. The van der Waals surface area contributed by atoms with E-state index in [9.17, 15) is 25.9 Å². The molecule has 2 saturated carbocycles. The Morgan fingerprint density at radius 2 is 1.32 bits per heavy atom. The van der Waals surface area contributed by atoms with E-state index in [4.69, 9.17) is 0 Å². The van der Waals surface area contributed by atoms with Crippen LogP contribution < -0.4 is 0 Å². The minimum absolute atomic E-state index is 0.0745. The zero-order chi connectivity index (χ0) is 18.9. The summed E-state index contributed by atoms with van der Waals surface area (Å²) in [6.45, 7) is 4.24. The minimum atomic E-state index is -4.01. The lowest BCUT2D eigenvalue weighted by Gasteiger charge is -2.44. The first kappa shape index (κ1) is 21.5. The number of hydrogen-bond donors (Lipinski definition) is 2. The molecule has 6 atom stereocenters. The highest BCUT2D eigenvalue weighted by Gasteiger charge is 2.51. The summed E-state index contributed by atoms with van der Waals surface area (Å²) >= 11 is 0. The van der Waals surface area contributed by atoms with Gasteiger partial charge in [0.25, 0.3) is 20.2 Å². The van der Waals surface area contributed by atoms with E-state index >= 15 is 0 Å². The number of hydrogen-bond acceptors (Lipinski definition) is 4. The van der Waals surface area contributed by atoms with Gasteiger partial charge in [-0.2, -0.15) is 16.8 Å². The smallest absolute Gasteiger partial charge is 0.267 e. The Morgan fingerprint density at radius 1 is 0.880 bits per heavy atom. The molecule has 9 heteroatoms. The van der Waals surface area contributed by atoms with Crippen LogP contribution in [0.5, 0.6) is 0 Å². The van der Waals surface area contributed by atoms with Gasteiger partial charge < -0.3 is 0 Å². The fourth-order valence-electron chi connectivity index (χ4n) is 5.04. The average Bonchev–Trinajstić information content (AvgIpc) is 3.17. The first-order valence-electron chi connectivity index (χ1n) is 9.22. The Kier molecular flexibility index (Phi) is 6.97. The first-order chi connectivity index (χ1) is 11.5. The number of rotatable bonds is 8. The molecule has 0 aromatic carbocycles. The summed E-state index contributed by atoms with van der Waals surface area (Å²) in [6.07, 6.45) is 6.41. The van der Waals surface area contributed by atoms with Gasteiger partial charge in [0.2, 0.25) is 0 Å². The van der Waals surface area contributed by atoms with E-state index in [-0.39, 0.29) is 17.0 Å².